The third-order valence-corrected chi connectivity index (χ3v) is 3.88. The lowest BCUT2D eigenvalue weighted by molar-refractivity contribution is -0.158. The topological polar surface area (TPSA) is 102 Å². The fraction of sp³-hybridized carbons (Fsp3) is 0.412. The minimum Gasteiger partial charge on any atom is -0.453 e. The molecule has 134 valence electrons. The van der Waals surface area contributed by atoms with Crippen molar-refractivity contribution in [1.29, 1.82) is 0 Å². The van der Waals surface area contributed by atoms with Crippen molar-refractivity contribution in [3.63, 3.8) is 0 Å². The van der Waals surface area contributed by atoms with E-state index in [9.17, 15) is 19.2 Å². The number of aryl methyl sites for hydroxylation is 1. The number of nitrogens with one attached hydrogen (secondary N) is 1. The third-order valence-electron chi connectivity index (χ3n) is 3.88. The first-order valence-corrected chi connectivity index (χ1v) is 7.78. The number of hydrogen-bond donors (Lipinski definition) is 1. The minimum absolute atomic E-state index is 0.0120. The molecule has 0 radical (unpaired) electrons. The quantitative estimate of drug-likeness (QED) is 0.819. The fourth-order valence-corrected chi connectivity index (χ4v) is 2.42. The van der Waals surface area contributed by atoms with Gasteiger partial charge in [-0.05, 0) is 26.0 Å². The minimum atomic E-state index is -1.17. The van der Waals surface area contributed by atoms with E-state index in [1.807, 2.05) is 36.5 Å². The molecule has 1 aliphatic heterocycles. The largest absolute Gasteiger partial charge is 0.453 e. The molecule has 8 heteroatoms. The van der Waals surface area contributed by atoms with Crippen LogP contribution in [0.5, 0.6) is 0 Å². The fourth-order valence-electron chi connectivity index (χ4n) is 2.42. The Morgan fingerprint density at radius 3 is 2.48 bits per heavy atom. The Hall–Kier alpha value is -2.90. The molecule has 2 atom stereocenters. The van der Waals surface area contributed by atoms with Gasteiger partial charge in [0.25, 0.3) is 5.91 Å². The third kappa shape index (κ3) is 4.56. The number of rotatable bonds is 4. The highest BCUT2D eigenvalue weighted by molar-refractivity contribution is 6.00. The van der Waals surface area contributed by atoms with E-state index in [4.69, 9.17) is 4.74 Å². The van der Waals surface area contributed by atoms with Gasteiger partial charge in [-0.15, -0.1) is 0 Å². The van der Waals surface area contributed by atoms with Crippen molar-refractivity contribution in [2.75, 3.05) is 18.6 Å². The number of ether oxygens (including phenoxy) is 2. The Morgan fingerprint density at radius 2 is 1.88 bits per heavy atom. The number of esters is 1. The van der Waals surface area contributed by atoms with Crippen molar-refractivity contribution in [3.05, 3.63) is 29.8 Å². The van der Waals surface area contributed by atoms with Gasteiger partial charge in [-0.1, -0.05) is 17.7 Å². The van der Waals surface area contributed by atoms with Crippen LogP contribution in [-0.4, -0.2) is 43.6 Å². The van der Waals surface area contributed by atoms with E-state index in [0.717, 1.165) is 12.7 Å². The first-order chi connectivity index (χ1) is 11.8. The highest BCUT2D eigenvalue weighted by Gasteiger charge is 2.37. The molecular formula is C17H20N2O6. The molecule has 1 fully saturated rings. The molecule has 1 heterocycles. The van der Waals surface area contributed by atoms with Gasteiger partial charge in [0.2, 0.25) is 5.91 Å². The lowest BCUT2D eigenvalue weighted by Crippen LogP contribution is -2.40. The van der Waals surface area contributed by atoms with Crippen LogP contribution >= 0.6 is 0 Å². The van der Waals surface area contributed by atoms with E-state index in [0.29, 0.717) is 5.69 Å². The molecule has 1 aromatic carbocycles. The molecule has 1 aromatic rings. The smallest absolute Gasteiger partial charge is 0.413 e. The summed E-state index contributed by atoms with van der Waals surface area (Å²) >= 11 is 0. The van der Waals surface area contributed by atoms with E-state index in [1.54, 1.807) is 0 Å². The van der Waals surface area contributed by atoms with Crippen LogP contribution < -0.4 is 10.2 Å². The van der Waals surface area contributed by atoms with Gasteiger partial charge in [0.15, 0.2) is 6.10 Å². The Kier molecular flexibility index (Phi) is 5.74. The monoisotopic (exact) mass is 348 g/mol. The average molecular weight is 348 g/mol. The second kappa shape index (κ2) is 7.78. The van der Waals surface area contributed by atoms with E-state index in [-0.39, 0.29) is 18.9 Å². The van der Waals surface area contributed by atoms with Crippen LogP contribution in [0.15, 0.2) is 24.3 Å². The van der Waals surface area contributed by atoms with E-state index in [1.165, 1.54) is 11.8 Å². The number of carbonyl (C=O) groups is 4. The molecule has 1 aliphatic rings. The number of carbonyl (C=O) groups excluding carboxylic acids is 4. The SMILES string of the molecule is COC(=O)NC(=O)[C@H](C)OC(=O)[C@H]1CC(=O)N(c2ccc(C)cc2)C1. The van der Waals surface area contributed by atoms with Gasteiger partial charge in [-0.2, -0.15) is 0 Å². The summed E-state index contributed by atoms with van der Waals surface area (Å²) in [5.41, 5.74) is 1.78. The van der Waals surface area contributed by atoms with Gasteiger partial charge in [0.05, 0.1) is 13.0 Å². The molecule has 2 rings (SSSR count). The molecule has 0 unspecified atom stereocenters. The van der Waals surface area contributed by atoms with Crippen molar-refractivity contribution in [2.24, 2.45) is 5.92 Å². The molecule has 0 bridgehead atoms. The molecule has 0 aliphatic carbocycles. The molecule has 3 amide bonds. The Morgan fingerprint density at radius 1 is 1.24 bits per heavy atom. The van der Waals surface area contributed by atoms with Crippen molar-refractivity contribution in [3.8, 4) is 0 Å². The average Bonchev–Trinajstić information content (AvgIpc) is 2.97. The highest BCUT2D eigenvalue weighted by Crippen LogP contribution is 2.26. The maximum atomic E-state index is 12.2. The molecular weight excluding hydrogens is 328 g/mol. The van der Waals surface area contributed by atoms with E-state index in [2.05, 4.69) is 4.74 Å². The summed E-state index contributed by atoms with van der Waals surface area (Å²) in [6.07, 6.45) is -2.09. The number of anilines is 1. The summed E-state index contributed by atoms with van der Waals surface area (Å²) in [5, 5.41) is 1.92. The van der Waals surface area contributed by atoms with Crippen LogP contribution in [0.4, 0.5) is 10.5 Å². The standard InChI is InChI=1S/C17H20N2O6/c1-10-4-6-13(7-5-10)19-9-12(8-14(19)20)16(22)25-11(2)15(21)18-17(23)24-3/h4-7,11-12H,8-9H2,1-3H3,(H,18,21,23)/t11-,12-/m0/s1. The van der Waals surface area contributed by atoms with E-state index < -0.39 is 30.0 Å². The molecule has 1 saturated heterocycles. The van der Waals surface area contributed by atoms with Crippen molar-refractivity contribution in [1.82, 2.24) is 5.32 Å². The molecule has 1 N–H and O–H groups in total. The summed E-state index contributed by atoms with van der Waals surface area (Å²) in [7, 11) is 1.11. The first-order valence-electron chi connectivity index (χ1n) is 7.78. The van der Waals surface area contributed by atoms with Gasteiger partial charge in [-0.25, -0.2) is 4.79 Å². The van der Waals surface area contributed by atoms with Crippen LogP contribution in [0.25, 0.3) is 0 Å². The van der Waals surface area contributed by atoms with Crippen LogP contribution in [0.2, 0.25) is 0 Å². The second-order valence-electron chi connectivity index (χ2n) is 5.80. The van der Waals surface area contributed by atoms with E-state index >= 15 is 0 Å². The summed E-state index contributed by atoms with van der Waals surface area (Å²) in [6.45, 7) is 3.47. The summed E-state index contributed by atoms with van der Waals surface area (Å²) in [4.78, 5) is 48.5. The summed E-state index contributed by atoms with van der Waals surface area (Å²) in [6, 6.07) is 7.39. The number of nitrogens with zero attached hydrogens (tertiary/aromatic N) is 1. The van der Waals surface area contributed by atoms with Gasteiger partial charge >= 0.3 is 12.1 Å². The van der Waals surface area contributed by atoms with Crippen LogP contribution in [-0.2, 0) is 23.9 Å². The summed E-state index contributed by atoms with van der Waals surface area (Å²) < 4.78 is 9.35. The van der Waals surface area contributed by atoms with Gasteiger partial charge in [-0.3, -0.25) is 19.7 Å². The normalized spacial score (nSPS) is 17.8. The molecule has 25 heavy (non-hydrogen) atoms. The Balaban J connectivity index is 1.94. The lowest BCUT2D eigenvalue weighted by Gasteiger charge is -2.17. The molecule has 0 spiro atoms. The molecule has 0 aromatic heterocycles. The number of alkyl carbamates (subject to hydrolysis) is 1. The zero-order valence-electron chi connectivity index (χ0n) is 14.3. The number of hydrogen-bond acceptors (Lipinski definition) is 6. The number of amides is 3. The molecule has 8 nitrogen and oxygen atoms in total. The number of imide groups is 1. The predicted octanol–water partition coefficient (Wildman–Crippen LogP) is 1.16. The van der Waals surface area contributed by atoms with Crippen LogP contribution in [0.1, 0.15) is 18.9 Å². The van der Waals surface area contributed by atoms with Gasteiger partial charge < -0.3 is 14.4 Å². The number of methoxy groups -OCH3 is 1. The zero-order valence-corrected chi connectivity index (χ0v) is 14.3. The number of benzene rings is 1. The Labute approximate surface area is 145 Å². The summed E-state index contributed by atoms with van der Waals surface area (Å²) in [5.74, 6) is -2.30. The lowest BCUT2D eigenvalue weighted by atomic mass is 10.1. The zero-order chi connectivity index (χ0) is 18.6. The maximum Gasteiger partial charge on any atom is 0.413 e. The first kappa shape index (κ1) is 18.4. The van der Waals surface area contributed by atoms with Crippen LogP contribution in [0.3, 0.4) is 0 Å². The molecule has 0 saturated carbocycles. The van der Waals surface area contributed by atoms with Crippen molar-refractivity contribution < 1.29 is 28.7 Å². The van der Waals surface area contributed by atoms with Gasteiger partial charge in [0.1, 0.15) is 0 Å². The van der Waals surface area contributed by atoms with Crippen molar-refractivity contribution >= 4 is 29.6 Å². The Bertz CT molecular complexity index is 685. The second-order valence-corrected chi connectivity index (χ2v) is 5.80. The van der Waals surface area contributed by atoms with Crippen molar-refractivity contribution in [2.45, 2.75) is 26.4 Å². The predicted molar refractivity (Wildman–Crippen MR) is 87.7 cm³/mol. The van der Waals surface area contributed by atoms with Crippen LogP contribution in [0, 0.1) is 12.8 Å². The highest BCUT2D eigenvalue weighted by atomic mass is 16.6. The maximum absolute atomic E-state index is 12.2. The van der Waals surface area contributed by atoms with Gasteiger partial charge in [0, 0.05) is 18.7 Å².